The van der Waals surface area contributed by atoms with E-state index in [4.69, 9.17) is 0 Å². The number of hydrogen-bond donors (Lipinski definition) is 1. The number of non-ortho nitro benzene ring substituents is 1. The second kappa shape index (κ2) is 7.60. The van der Waals surface area contributed by atoms with Crippen LogP contribution in [-0.2, 0) is 4.79 Å². The quantitative estimate of drug-likeness (QED) is 0.647. The Kier molecular flexibility index (Phi) is 5.28. The van der Waals surface area contributed by atoms with Gasteiger partial charge in [-0.15, -0.1) is 0 Å². The molecule has 2 aliphatic rings. The van der Waals surface area contributed by atoms with Gasteiger partial charge in [0, 0.05) is 50.4 Å². The maximum absolute atomic E-state index is 12.5. The van der Waals surface area contributed by atoms with E-state index in [1.54, 1.807) is 4.90 Å². The van der Waals surface area contributed by atoms with Gasteiger partial charge >= 0.3 is 0 Å². The molecule has 2 aliphatic heterocycles. The van der Waals surface area contributed by atoms with Crippen molar-refractivity contribution in [3.05, 3.63) is 39.9 Å². The van der Waals surface area contributed by atoms with Crippen molar-refractivity contribution < 1.29 is 14.5 Å². The van der Waals surface area contributed by atoms with E-state index < -0.39 is 4.92 Å². The molecule has 1 aromatic carbocycles. The van der Waals surface area contributed by atoms with Crippen molar-refractivity contribution in [2.24, 2.45) is 5.92 Å². The molecule has 0 bridgehead atoms. The van der Waals surface area contributed by atoms with E-state index >= 15 is 0 Å². The Labute approximate surface area is 145 Å². The second-order valence-corrected chi connectivity index (χ2v) is 6.46. The molecule has 2 amide bonds. The zero-order valence-corrected chi connectivity index (χ0v) is 14.0. The van der Waals surface area contributed by atoms with Crippen LogP contribution in [0.15, 0.2) is 24.3 Å². The minimum absolute atomic E-state index is 0.0342. The molecule has 0 radical (unpaired) electrons. The SMILES string of the molecule is O=C(c1ccc([N+](=O)[O-])cc1)N1CCN(C(=O)C2CCCNC2)CC1. The molecule has 1 N–H and O–H groups in total. The number of rotatable bonds is 3. The van der Waals surface area contributed by atoms with Crippen LogP contribution in [-0.4, -0.2) is 65.8 Å². The van der Waals surface area contributed by atoms with Crippen molar-refractivity contribution in [1.29, 1.82) is 0 Å². The molecule has 134 valence electrons. The molecule has 1 aromatic rings. The normalized spacial score (nSPS) is 21.0. The monoisotopic (exact) mass is 346 g/mol. The molecule has 0 spiro atoms. The van der Waals surface area contributed by atoms with Gasteiger partial charge in [-0.1, -0.05) is 0 Å². The molecule has 8 nitrogen and oxygen atoms in total. The van der Waals surface area contributed by atoms with Crippen molar-refractivity contribution in [3.8, 4) is 0 Å². The highest BCUT2D eigenvalue weighted by molar-refractivity contribution is 5.94. The fraction of sp³-hybridized carbons (Fsp3) is 0.529. The highest BCUT2D eigenvalue weighted by Gasteiger charge is 2.30. The lowest BCUT2D eigenvalue weighted by molar-refractivity contribution is -0.384. The van der Waals surface area contributed by atoms with Crippen LogP contribution in [0, 0.1) is 16.0 Å². The summed E-state index contributed by atoms with van der Waals surface area (Å²) in [4.78, 5) is 38.8. The zero-order chi connectivity index (χ0) is 17.8. The summed E-state index contributed by atoms with van der Waals surface area (Å²) in [6, 6.07) is 5.63. The van der Waals surface area contributed by atoms with Crippen molar-refractivity contribution in [2.75, 3.05) is 39.3 Å². The minimum Gasteiger partial charge on any atom is -0.339 e. The van der Waals surface area contributed by atoms with Crippen LogP contribution in [0.2, 0.25) is 0 Å². The number of piperazine rings is 1. The van der Waals surface area contributed by atoms with Crippen LogP contribution in [0.25, 0.3) is 0 Å². The third-order valence-corrected chi connectivity index (χ3v) is 4.85. The number of nitro groups is 1. The number of benzene rings is 1. The van der Waals surface area contributed by atoms with Gasteiger partial charge in [-0.3, -0.25) is 19.7 Å². The Morgan fingerprint density at radius 1 is 1.08 bits per heavy atom. The fourth-order valence-corrected chi connectivity index (χ4v) is 3.36. The van der Waals surface area contributed by atoms with Crippen molar-refractivity contribution >= 4 is 17.5 Å². The molecule has 2 saturated heterocycles. The molecule has 3 rings (SSSR count). The molecule has 0 saturated carbocycles. The first-order chi connectivity index (χ1) is 12.1. The molecule has 1 atom stereocenters. The first-order valence-corrected chi connectivity index (χ1v) is 8.59. The molecule has 0 aliphatic carbocycles. The van der Waals surface area contributed by atoms with E-state index in [2.05, 4.69) is 5.32 Å². The van der Waals surface area contributed by atoms with Gasteiger partial charge in [0.25, 0.3) is 11.6 Å². The fourth-order valence-electron chi connectivity index (χ4n) is 3.36. The number of carbonyl (C=O) groups excluding carboxylic acids is 2. The van der Waals surface area contributed by atoms with E-state index in [0.717, 1.165) is 25.9 Å². The standard InChI is InChI=1S/C17H22N4O4/c22-16(13-3-5-15(6-4-13)21(24)25)19-8-10-20(11-9-19)17(23)14-2-1-7-18-12-14/h3-6,14,18H,1-2,7-12H2. The van der Waals surface area contributed by atoms with Gasteiger partial charge in [0.05, 0.1) is 10.8 Å². The first-order valence-electron chi connectivity index (χ1n) is 8.59. The summed E-state index contributed by atoms with van der Waals surface area (Å²) in [5, 5.41) is 13.9. The highest BCUT2D eigenvalue weighted by Crippen LogP contribution is 2.17. The van der Waals surface area contributed by atoms with Crippen LogP contribution < -0.4 is 5.32 Å². The van der Waals surface area contributed by atoms with Crippen LogP contribution >= 0.6 is 0 Å². The Morgan fingerprint density at radius 2 is 1.72 bits per heavy atom. The van der Waals surface area contributed by atoms with E-state index in [9.17, 15) is 19.7 Å². The van der Waals surface area contributed by atoms with Gasteiger partial charge in [0.15, 0.2) is 0 Å². The summed E-state index contributed by atoms with van der Waals surface area (Å²) in [6.07, 6.45) is 1.95. The van der Waals surface area contributed by atoms with Gasteiger partial charge in [0.1, 0.15) is 0 Å². The maximum atomic E-state index is 12.5. The van der Waals surface area contributed by atoms with Gasteiger partial charge < -0.3 is 15.1 Å². The summed E-state index contributed by atoms with van der Waals surface area (Å²) in [5.74, 6) is 0.0710. The van der Waals surface area contributed by atoms with Gasteiger partial charge in [0.2, 0.25) is 5.91 Å². The molecule has 8 heteroatoms. The van der Waals surface area contributed by atoms with E-state index in [1.165, 1.54) is 24.3 Å². The lowest BCUT2D eigenvalue weighted by atomic mass is 9.98. The Bertz CT molecular complexity index is 647. The van der Waals surface area contributed by atoms with E-state index in [-0.39, 0.29) is 23.4 Å². The number of nitrogens with one attached hydrogen (secondary N) is 1. The summed E-state index contributed by atoms with van der Waals surface area (Å²) in [6.45, 7) is 3.76. The molecular formula is C17H22N4O4. The smallest absolute Gasteiger partial charge is 0.269 e. The molecular weight excluding hydrogens is 324 g/mol. The molecule has 2 heterocycles. The summed E-state index contributed by atoms with van der Waals surface area (Å²) < 4.78 is 0. The highest BCUT2D eigenvalue weighted by atomic mass is 16.6. The topological polar surface area (TPSA) is 95.8 Å². The Balaban J connectivity index is 1.55. The molecule has 0 aromatic heterocycles. The van der Waals surface area contributed by atoms with Gasteiger partial charge in [-0.25, -0.2) is 0 Å². The Hall–Kier alpha value is -2.48. The Morgan fingerprint density at radius 3 is 2.28 bits per heavy atom. The first kappa shape index (κ1) is 17.3. The van der Waals surface area contributed by atoms with Crippen LogP contribution in [0.5, 0.6) is 0 Å². The number of amides is 2. The average molecular weight is 346 g/mol. The zero-order valence-electron chi connectivity index (χ0n) is 14.0. The number of piperidine rings is 1. The van der Waals surface area contributed by atoms with Gasteiger partial charge in [-0.2, -0.15) is 0 Å². The molecule has 1 unspecified atom stereocenters. The predicted molar refractivity (Wildman–Crippen MR) is 91.2 cm³/mol. The van der Waals surface area contributed by atoms with Crippen LogP contribution in [0.1, 0.15) is 23.2 Å². The predicted octanol–water partition coefficient (Wildman–Crippen LogP) is 0.879. The largest absolute Gasteiger partial charge is 0.339 e. The van der Waals surface area contributed by atoms with Gasteiger partial charge in [-0.05, 0) is 31.5 Å². The lowest BCUT2D eigenvalue weighted by Crippen LogP contribution is -2.53. The summed E-state index contributed by atoms with van der Waals surface area (Å²) in [5.41, 5.74) is 0.398. The molecule has 25 heavy (non-hydrogen) atoms. The number of nitrogens with zero attached hydrogens (tertiary/aromatic N) is 3. The average Bonchev–Trinajstić information content (AvgIpc) is 2.67. The summed E-state index contributed by atoms with van der Waals surface area (Å²) in [7, 11) is 0. The third kappa shape index (κ3) is 3.96. The van der Waals surface area contributed by atoms with Crippen molar-refractivity contribution in [3.63, 3.8) is 0 Å². The minimum atomic E-state index is -0.487. The third-order valence-electron chi connectivity index (χ3n) is 4.85. The summed E-state index contributed by atoms with van der Waals surface area (Å²) >= 11 is 0. The number of carbonyl (C=O) groups is 2. The second-order valence-electron chi connectivity index (χ2n) is 6.46. The maximum Gasteiger partial charge on any atom is 0.269 e. The van der Waals surface area contributed by atoms with Crippen molar-refractivity contribution in [1.82, 2.24) is 15.1 Å². The number of hydrogen-bond acceptors (Lipinski definition) is 5. The molecule has 2 fully saturated rings. The van der Waals surface area contributed by atoms with E-state index in [1.807, 2.05) is 4.90 Å². The van der Waals surface area contributed by atoms with Crippen molar-refractivity contribution in [2.45, 2.75) is 12.8 Å². The van der Waals surface area contributed by atoms with Crippen LogP contribution in [0.3, 0.4) is 0 Å². The lowest BCUT2D eigenvalue weighted by Gasteiger charge is -2.37. The van der Waals surface area contributed by atoms with E-state index in [0.29, 0.717) is 31.7 Å². The number of nitro benzene ring substituents is 1. The van der Waals surface area contributed by atoms with Crippen LogP contribution in [0.4, 0.5) is 5.69 Å².